The summed E-state index contributed by atoms with van der Waals surface area (Å²) < 4.78 is 52.4. The molecular formula is C16H22ClF4N3O. The Morgan fingerprint density at radius 3 is 2.36 bits per heavy atom. The fourth-order valence-electron chi connectivity index (χ4n) is 2.65. The van der Waals surface area contributed by atoms with Crippen molar-refractivity contribution in [2.75, 3.05) is 32.7 Å². The van der Waals surface area contributed by atoms with Crippen molar-refractivity contribution in [3.63, 3.8) is 0 Å². The van der Waals surface area contributed by atoms with Crippen molar-refractivity contribution < 1.29 is 22.4 Å². The monoisotopic (exact) mass is 383 g/mol. The van der Waals surface area contributed by atoms with Crippen LogP contribution in [0.4, 0.5) is 17.6 Å². The normalized spacial score (nSPS) is 16.8. The van der Waals surface area contributed by atoms with Crippen LogP contribution in [0.15, 0.2) is 24.3 Å². The van der Waals surface area contributed by atoms with Gasteiger partial charge in [-0.2, -0.15) is 13.2 Å². The number of amides is 1. The highest BCUT2D eigenvalue weighted by Gasteiger charge is 2.43. The summed E-state index contributed by atoms with van der Waals surface area (Å²) in [5.74, 6) is -0.809. The lowest BCUT2D eigenvalue weighted by Crippen LogP contribution is -2.57. The maximum Gasteiger partial charge on any atom is 0.405 e. The van der Waals surface area contributed by atoms with E-state index in [2.05, 4.69) is 10.6 Å². The van der Waals surface area contributed by atoms with Crippen molar-refractivity contribution in [2.45, 2.75) is 25.1 Å². The Labute approximate surface area is 150 Å². The topological polar surface area (TPSA) is 44.4 Å². The lowest BCUT2D eigenvalue weighted by molar-refractivity contribution is -0.184. The van der Waals surface area contributed by atoms with E-state index < -0.39 is 24.7 Å². The first-order chi connectivity index (χ1) is 11.4. The molecule has 9 heteroatoms. The van der Waals surface area contributed by atoms with Gasteiger partial charge in [-0.15, -0.1) is 12.4 Å². The van der Waals surface area contributed by atoms with Gasteiger partial charge in [-0.25, -0.2) is 4.39 Å². The minimum Gasteiger partial charge on any atom is -0.354 e. The standard InChI is InChI=1S/C16H21F4N3O.ClH/c17-13-4-1-12(2-5-13)3-6-15(24)22-11-14(16(18,19)20)23-9-7-21-8-10-23;/h1-2,4-5,14,21H,3,6-11H2,(H,22,24);1H. The van der Waals surface area contributed by atoms with Gasteiger partial charge in [0.1, 0.15) is 11.9 Å². The largest absolute Gasteiger partial charge is 0.405 e. The first-order valence-corrected chi connectivity index (χ1v) is 7.89. The molecule has 1 aromatic carbocycles. The molecular weight excluding hydrogens is 362 g/mol. The van der Waals surface area contributed by atoms with Crippen LogP contribution in [0.3, 0.4) is 0 Å². The predicted molar refractivity (Wildman–Crippen MR) is 89.3 cm³/mol. The molecule has 1 aliphatic rings. The number of piperazine rings is 1. The number of carbonyl (C=O) groups excluding carboxylic acids is 1. The van der Waals surface area contributed by atoms with Gasteiger partial charge in [-0.1, -0.05) is 12.1 Å². The van der Waals surface area contributed by atoms with E-state index in [1.165, 1.54) is 17.0 Å². The van der Waals surface area contributed by atoms with Gasteiger partial charge in [0.2, 0.25) is 5.91 Å². The fourth-order valence-corrected chi connectivity index (χ4v) is 2.65. The maximum atomic E-state index is 13.2. The van der Waals surface area contributed by atoms with E-state index in [4.69, 9.17) is 0 Å². The van der Waals surface area contributed by atoms with Crippen LogP contribution in [0.5, 0.6) is 0 Å². The van der Waals surface area contributed by atoms with Crippen molar-refractivity contribution in [2.24, 2.45) is 0 Å². The number of rotatable bonds is 6. The van der Waals surface area contributed by atoms with E-state index >= 15 is 0 Å². The van der Waals surface area contributed by atoms with Crippen LogP contribution < -0.4 is 10.6 Å². The Hall–Kier alpha value is -1.38. The van der Waals surface area contributed by atoms with E-state index in [-0.39, 0.29) is 24.6 Å². The molecule has 0 bridgehead atoms. The number of nitrogens with one attached hydrogen (secondary N) is 2. The average Bonchev–Trinajstić information content (AvgIpc) is 2.54. The second kappa shape index (κ2) is 9.94. The van der Waals surface area contributed by atoms with Crippen LogP contribution in [0.25, 0.3) is 0 Å². The van der Waals surface area contributed by atoms with Gasteiger partial charge >= 0.3 is 6.18 Å². The van der Waals surface area contributed by atoms with Gasteiger partial charge in [-0.3, -0.25) is 9.69 Å². The minimum absolute atomic E-state index is 0. The van der Waals surface area contributed by atoms with Gasteiger partial charge in [0.25, 0.3) is 0 Å². The smallest absolute Gasteiger partial charge is 0.354 e. The van der Waals surface area contributed by atoms with E-state index in [1.807, 2.05) is 0 Å². The summed E-state index contributed by atoms with van der Waals surface area (Å²) in [4.78, 5) is 13.2. The van der Waals surface area contributed by atoms with Gasteiger partial charge < -0.3 is 10.6 Å². The molecule has 1 amide bonds. The van der Waals surface area contributed by atoms with E-state index in [0.29, 0.717) is 32.6 Å². The lowest BCUT2D eigenvalue weighted by Gasteiger charge is -2.35. The van der Waals surface area contributed by atoms with Gasteiger partial charge in [0, 0.05) is 39.1 Å². The fraction of sp³-hybridized carbons (Fsp3) is 0.562. The summed E-state index contributed by atoms with van der Waals surface area (Å²) in [6.45, 7) is 1.16. The molecule has 142 valence electrons. The van der Waals surface area contributed by atoms with Crippen LogP contribution in [-0.4, -0.2) is 55.7 Å². The third-order valence-corrected chi connectivity index (χ3v) is 4.02. The number of benzene rings is 1. The predicted octanol–water partition coefficient (Wildman–Crippen LogP) is 2.13. The molecule has 1 fully saturated rings. The molecule has 1 aliphatic heterocycles. The highest BCUT2D eigenvalue weighted by molar-refractivity contribution is 5.85. The number of hydrogen-bond donors (Lipinski definition) is 2. The van der Waals surface area contributed by atoms with Crippen molar-refractivity contribution in [1.82, 2.24) is 15.5 Å². The second-order valence-electron chi connectivity index (χ2n) is 5.77. The molecule has 1 unspecified atom stereocenters. The molecule has 1 aromatic rings. The Morgan fingerprint density at radius 1 is 1.20 bits per heavy atom. The van der Waals surface area contributed by atoms with Crippen molar-refractivity contribution >= 4 is 18.3 Å². The molecule has 2 N–H and O–H groups in total. The first-order valence-electron chi connectivity index (χ1n) is 7.89. The quantitative estimate of drug-likeness (QED) is 0.740. The lowest BCUT2D eigenvalue weighted by atomic mass is 10.1. The summed E-state index contributed by atoms with van der Waals surface area (Å²) in [6.07, 6.45) is -3.96. The molecule has 0 aromatic heterocycles. The first kappa shape index (κ1) is 21.7. The Morgan fingerprint density at radius 2 is 1.80 bits per heavy atom. The minimum atomic E-state index is -4.39. The Kier molecular flexibility index (Phi) is 8.61. The van der Waals surface area contributed by atoms with Gasteiger partial charge in [0.15, 0.2) is 0 Å². The van der Waals surface area contributed by atoms with Crippen molar-refractivity contribution in [3.8, 4) is 0 Å². The van der Waals surface area contributed by atoms with E-state index in [9.17, 15) is 22.4 Å². The molecule has 0 aliphatic carbocycles. The number of nitrogens with zero attached hydrogens (tertiary/aromatic N) is 1. The summed E-state index contributed by atoms with van der Waals surface area (Å²) in [5, 5.41) is 5.38. The number of hydrogen-bond acceptors (Lipinski definition) is 3. The highest BCUT2D eigenvalue weighted by Crippen LogP contribution is 2.24. The maximum absolute atomic E-state index is 13.2. The van der Waals surface area contributed by atoms with Crippen molar-refractivity contribution in [3.05, 3.63) is 35.6 Å². The zero-order valence-electron chi connectivity index (χ0n) is 13.6. The zero-order valence-corrected chi connectivity index (χ0v) is 14.4. The molecule has 0 radical (unpaired) electrons. The summed E-state index contributed by atoms with van der Waals surface area (Å²) in [6, 6.07) is 4.02. The van der Waals surface area contributed by atoms with Gasteiger partial charge in [0.05, 0.1) is 0 Å². The van der Waals surface area contributed by atoms with Gasteiger partial charge in [-0.05, 0) is 24.1 Å². The van der Waals surface area contributed by atoms with Crippen LogP contribution in [0.1, 0.15) is 12.0 Å². The molecule has 0 spiro atoms. The molecule has 0 saturated carbocycles. The van der Waals surface area contributed by atoms with Crippen LogP contribution in [0.2, 0.25) is 0 Å². The Bertz CT molecular complexity index is 533. The summed E-state index contributed by atoms with van der Waals surface area (Å²) in [7, 11) is 0. The molecule has 25 heavy (non-hydrogen) atoms. The van der Waals surface area contributed by atoms with E-state index in [0.717, 1.165) is 5.56 Å². The van der Waals surface area contributed by atoms with Crippen molar-refractivity contribution in [1.29, 1.82) is 0 Å². The molecule has 1 atom stereocenters. The molecule has 1 heterocycles. The van der Waals surface area contributed by atoms with Crippen LogP contribution >= 0.6 is 12.4 Å². The highest BCUT2D eigenvalue weighted by atomic mass is 35.5. The van der Waals surface area contributed by atoms with Crippen LogP contribution in [-0.2, 0) is 11.2 Å². The number of halogens is 5. The summed E-state index contributed by atoms with van der Waals surface area (Å²) >= 11 is 0. The molecule has 2 rings (SSSR count). The third kappa shape index (κ3) is 7.17. The van der Waals surface area contributed by atoms with Crippen LogP contribution in [0, 0.1) is 5.82 Å². The number of carbonyl (C=O) groups is 1. The zero-order chi connectivity index (χ0) is 17.6. The SMILES string of the molecule is Cl.O=C(CCc1ccc(F)cc1)NCC(N1CCNCC1)C(F)(F)F. The summed E-state index contributed by atoms with van der Waals surface area (Å²) in [5.41, 5.74) is 0.765. The van der Waals surface area contributed by atoms with E-state index in [1.54, 1.807) is 12.1 Å². The number of aryl methyl sites for hydroxylation is 1. The molecule has 1 saturated heterocycles. The third-order valence-electron chi connectivity index (χ3n) is 4.02. The Balaban J connectivity index is 0.00000312. The second-order valence-corrected chi connectivity index (χ2v) is 5.77. The number of alkyl halides is 3. The molecule has 4 nitrogen and oxygen atoms in total. The average molecular weight is 384 g/mol.